The summed E-state index contributed by atoms with van der Waals surface area (Å²) in [6.07, 6.45) is 3.31. The minimum absolute atomic E-state index is 0.0691. The van der Waals surface area contributed by atoms with Crippen molar-refractivity contribution < 1.29 is 9.21 Å². The number of nitrogens with zero attached hydrogens (tertiary/aromatic N) is 4. The monoisotopic (exact) mass is 352 g/mol. The predicted octanol–water partition coefficient (Wildman–Crippen LogP) is 1.55. The van der Waals surface area contributed by atoms with Gasteiger partial charge >= 0.3 is 0 Å². The molecule has 0 aliphatic carbocycles. The highest BCUT2D eigenvalue weighted by molar-refractivity contribution is 5.91. The number of hydrogen-bond acceptors (Lipinski definition) is 5. The molecule has 0 spiro atoms. The lowest BCUT2D eigenvalue weighted by atomic mass is 10.2. The molecule has 1 aliphatic heterocycles. The third-order valence-electron chi connectivity index (χ3n) is 4.64. The van der Waals surface area contributed by atoms with E-state index in [0.29, 0.717) is 31.0 Å². The first kappa shape index (κ1) is 16.5. The Labute approximate surface area is 150 Å². The minimum Gasteiger partial charge on any atom is -0.459 e. The number of carbonyl (C=O) groups excluding carboxylic acids is 1. The van der Waals surface area contributed by atoms with Crippen LogP contribution in [0, 0.1) is 6.92 Å². The highest BCUT2D eigenvalue weighted by atomic mass is 16.3. The zero-order valence-electron chi connectivity index (χ0n) is 14.6. The van der Waals surface area contributed by atoms with Crippen molar-refractivity contribution in [3.05, 3.63) is 70.2 Å². The van der Waals surface area contributed by atoms with E-state index in [-0.39, 0.29) is 11.5 Å². The molecule has 0 bridgehead atoms. The molecule has 0 saturated carbocycles. The molecule has 4 rings (SSSR count). The van der Waals surface area contributed by atoms with Crippen molar-refractivity contribution in [2.24, 2.45) is 0 Å². The van der Waals surface area contributed by atoms with E-state index in [2.05, 4.69) is 9.88 Å². The van der Waals surface area contributed by atoms with E-state index >= 15 is 0 Å². The number of piperazine rings is 1. The van der Waals surface area contributed by atoms with Crippen LogP contribution in [0.25, 0.3) is 5.65 Å². The van der Waals surface area contributed by atoms with Crippen molar-refractivity contribution in [1.82, 2.24) is 19.2 Å². The molecule has 1 aliphatic rings. The van der Waals surface area contributed by atoms with Crippen molar-refractivity contribution in [3.8, 4) is 0 Å². The third kappa shape index (κ3) is 3.25. The number of carbonyl (C=O) groups is 1. The molecule has 0 atom stereocenters. The second kappa shape index (κ2) is 6.76. The highest BCUT2D eigenvalue weighted by Gasteiger charge is 2.24. The number of aromatic nitrogens is 2. The highest BCUT2D eigenvalue weighted by Crippen LogP contribution is 2.11. The average molecular weight is 352 g/mol. The number of amides is 1. The van der Waals surface area contributed by atoms with Gasteiger partial charge in [0.25, 0.3) is 11.5 Å². The minimum atomic E-state index is -0.0768. The topological polar surface area (TPSA) is 71.1 Å². The quantitative estimate of drug-likeness (QED) is 0.715. The Morgan fingerprint density at radius 2 is 2.00 bits per heavy atom. The maximum Gasteiger partial charge on any atom is 0.289 e. The predicted molar refractivity (Wildman–Crippen MR) is 96.1 cm³/mol. The fourth-order valence-corrected chi connectivity index (χ4v) is 3.23. The van der Waals surface area contributed by atoms with Gasteiger partial charge in [-0.3, -0.25) is 18.9 Å². The Hall–Kier alpha value is -2.93. The molecule has 7 heteroatoms. The van der Waals surface area contributed by atoms with Gasteiger partial charge in [-0.15, -0.1) is 0 Å². The lowest BCUT2D eigenvalue weighted by Crippen LogP contribution is -2.48. The normalized spacial score (nSPS) is 15.5. The number of pyridine rings is 1. The molecule has 7 nitrogen and oxygen atoms in total. The van der Waals surface area contributed by atoms with Gasteiger partial charge in [-0.2, -0.15) is 0 Å². The van der Waals surface area contributed by atoms with Crippen LogP contribution in [0.5, 0.6) is 0 Å². The van der Waals surface area contributed by atoms with E-state index in [1.165, 1.54) is 6.26 Å². The zero-order valence-corrected chi connectivity index (χ0v) is 14.6. The Morgan fingerprint density at radius 3 is 2.73 bits per heavy atom. The number of rotatable bonds is 3. The summed E-state index contributed by atoms with van der Waals surface area (Å²) < 4.78 is 6.75. The van der Waals surface area contributed by atoms with Gasteiger partial charge in [-0.1, -0.05) is 6.07 Å². The molecule has 26 heavy (non-hydrogen) atoms. The lowest BCUT2D eigenvalue weighted by molar-refractivity contribution is 0.0596. The first-order valence-corrected chi connectivity index (χ1v) is 8.64. The van der Waals surface area contributed by atoms with E-state index in [0.717, 1.165) is 24.3 Å². The van der Waals surface area contributed by atoms with Gasteiger partial charge in [0.2, 0.25) is 0 Å². The maximum absolute atomic E-state index is 12.3. The van der Waals surface area contributed by atoms with E-state index in [1.807, 2.05) is 19.1 Å². The first-order chi connectivity index (χ1) is 12.6. The number of hydrogen-bond donors (Lipinski definition) is 0. The smallest absolute Gasteiger partial charge is 0.289 e. The van der Waals surface area contributed by atoms with Crippen LogP contribution < -0.4 is 5.56 Å². The van der Waals surface area contributed by atoms with Gasteiger partial charge in [-0.05, 0) is 30.7 Å². The Morgan fingerprint density at radius 1 is 1.19 bits per heavy atom. The van der Waals surface area contributed by atoms with Crippen LogP contribution in [-0.4, -0.2) is 51.3 Å². The van der Waals surface area contributed by atoms with E-state index < -0.39 is 0 Å². The van der Waals surface area contributed by atoms with Gasteiger partial charge in [0.1, 0.15) is 5.65 Å². The summed E-state index contributed by atoms with van der Waals surface area (Å²) in [5, 5.41) is 0. The molecule has 3 aromatic heterocycles. The zero-order chi connectivity index (χ0) is 18.1. The molecule has 0 unspecified atom stereocenters. The summed E-state index contributed by atoms with van der Waals surface area (Å²) in [6.45, 7) is 5.28. The second-order valence-corrected chi connectivity index (χ2v) is 6.57. The summed E-state index contributed by atoms with van der Waals surface area (Å²) in [4.78, 5) is 33.2. The van der Waals surface area contributed by atoms with Gasteiger partial charge in [0.05, 0.1) is 12.0 Å². The number of aryl methyl sites for hydroxylation is 1. The van der Waals surface area contributed by atoms with Crippen molar-refractivity contribution in [1.29, 1.82) is 0 Å². The Balaban J connectivity index is 1.43. The summed E-state index contributed by atoms with van der Waals surface area (Å²) in [5.74, 6) is 0.296. The average Bonchev–Trinajstić information content (AvgIpc) is 3.17. The molecule has 3 aromatic rings. The van der Waals surface area contributed by atoms with Crippen LogP contribution in [0.3, 0.4) is 0 Å². The second-order valence-electron chi connectivity index (χ2n) is 6.57. The van der Waals surface area contributed by atoms with Crippen molar-refractivity contribution >= 4 is 11.6 Å². The van der Waals surface area contributed by atoms with E-state index in [9.17, 15) is 9.59 Å². The van der Waals surface area contributed by atoms with Crippen LogP contribution in [0.4, 0.5) is 0 Å². The molecule has 0 N–H and O–H groups in total. The van der Waals surface area contributed by atoms with E-state index in [1.54, 1.807) is 33.7 Å². The molecule has 0 radical (unpaired) electrons. The Kier molecular flexibility index (Phi) is 4.30. The van der Waals surface area contributed by atoms with Gasteiger partial charge < -0.3 is 9.32 Å². The van der Waals surface area contributed by atoms with Crippen LogP contribution in [0.2, 0.25) is 0 Å². The first-order valence-electron chi connectivity index (χ1n) is 8.64. The van der Waals surface area contributed by atoms with Crippen LogP contribution >= 0.6 is 0 Å². The van der Waals surface area contributed by atoms with Crippen LogP contribution in [0.15, 0.2) is 52.0 Å². The van der Waals surface area contributed by atoms with Gasteiger partial charge in [0, 0.05) is 45.0 Å². The van der Waals surface area contributed by atoms with E-state index in [4.69, 9.17) is 4.42 Å². The maximum atomic E-state index is 12.3. The summed E-state index contributed by atoms with van der Waals surface area (Å²) in [7, 11) is 0. The van der Waals surface area contributed by atoms with Crippen LogP contribution in [0.1, 0.15) is 21.8 Å². The molecular weight excluding hydrogens is 332 g/mol. The molecule has 1 saturated heterocycles. The fraction of sp³-hybridized carbons (Fsp3) is 0.316. The lowest BCUT2D eigenvalue weighted by Gasteiger charge is -2.34. The molecule has 1 fully saturated rings. The van der Waals surface area contributed by atoms with Crippen LogP contribution in [-0.2, 0) is 6.54 Å². The number of furan rings is 1. The third-order valence-corrected chi connectivity index (χ3v) is 4.64. The number of fused-ring (bicyclic) bond motifs is 1. The molecule has 1 amide bonds. The summed E-state index contributed by atoms with van der Waals surface area (Å²) in [5.41, 5.74) is 2.36. The molecular formula is C19H20N4O3. The standard InChI is InChI=1S/C19H20N4O3/c1-14-4-5-17-20-15(11-18(24)23(17)12-14)13-21-6-8-22(9-7-21)19(25)16-3-2-10-26-16/h2-5,10-12H,6-9,13H2,1H3. The fourth-order valence-electron chi connectivity index (χ4n) is 3.23. The SMILES string of the molecule is Cc1ccc2nc(CN3CCN(C(=O)c4ccco4)CC3)cc(=O)n2c1. The van der Waals surface area contributed by atoms with Crippen molar-refractivity contribution in [3.63, 3.8) is 0 Å². The van der Waals surface area contributed by atoms with Gasteiger partial charge in [-0.25, -0.2) is 4.98 Å². The molecule has 4 heterocycles. The van der Waals surface area contributed by atoms with Gasteiger partial charge in [0.15, 0.2) is 5.76 Å². The molecule has 134 valence electrons. The van der Waals surface area contributed by atoms with Crippen molar-refractivity contribution in [2.45, 2.75) is 13.5 Å². The Bertz CT molecular complexity index is 986. The molecule has 0 aromatic carbocycles. The van der Waals surface area contributed by atoms with Crippen molar-refractivity contribution in [2.75, 3.05) is 26.2 Å². The summed E-state index contributed by atoms with van der Waals surface area (Å²) in [6, 6.07) is 8.80. The largest absolute Gasteiger partial charge is 0.459 e. The summed E-state index contributed by atoms with van der Waals surface area (Å²) >= 11 is 0.